The molecule has 0 bridgehead atoms. The van der Waals surface area contributed by atoms with Crippen LogP contribution in [0.4, 0.5) is 0 Å². The minimum Gasteiger partial charge on any atom is -0.315 e. The van der Waals surface area contributed by atoms with Gasteiger partial charge in [0.25, 0.3) is 0 Å². The highest BCUT2D eigenvalue weighted by Crippen LogP contribution is 2.29. The van der Waals surface area contributed by atoms with E-state index in [4.69, 9.17) is 0 Å². The van der Waals surface area contributed by atoms with E-state index in [0.29, 0.717) is 18.1 Å². The van der Waals surface area contributed by atoms with Gasteiger partial charge in [0.05, 0.1) is 22.5 Å². The molecule has 1 fully saturated rings. The predicted molar refractivity (Wildman–Crippen MR) is 92.0 cm³/mol. The van der Waals surface area contributed by atoms with Gasteiger partial charge < -0.3 is 4.57 Å². The Labute approximate surface area is 135 Å². The third kappa shape index (κ3) is 3.38. The lowest BCUT2D eigenvalue weighted by Gasteiger charge is -2.21. The van der Waals surface area contributed by atoms with Crippen molar-refractivity contribution in [1.29, 1.82) is 0 Å². The van der Waals surface area contributed by atoms with Crippen LogP contribution in [0.5, 0.6) is 0 Å². The number of rotatable bonds is 5. The summed E-state index contributed by atoms with van der Waals surface area (Å²) < 4.78 is 25.6. The Morgan fingerprint density at radius 1 is 1.41 bits per heavy atom. The molecule has 0 aliphatic carbocycles. The molecule has 0 N–H and O–H groups in total. The summed E-state index contributed by atoms with van der Waals surface area (Å²) in [6, 6.07) is 8.05. The average molecular weight is 336 g/mol. The second-order valence-electron chi connectivity index (χ2n) is 5.72. The van der Waals surface area contributed by atoms with E-state index in [1.54, 1.807) is 11.8 Å². The van der Waals surface area contributed by atoms with Crippen LogP contribution < -0.4 is 0 Å². The molecule has 118 valence electrons. The van der Waals surface area contributed by atoms with Gasteiger partial charge in [-0.2, -0.15) is 0 Å². The molecule has 0 radical (unpaired) electrons. The molecule has 0 spiro atoms. The number of hydrogen-bond donors (Lipinski definition) is 0. The Balaban J connectivity index is 1.78. The zero-order valence-corrected chi connectivity index (χ0v) is 14.1. The van der Waals surface area contributed by atoms with Crippen molar-refractivity contribution in [2.24, 2.45) is 5.92 Å². The van der Waals surface area contributed by atoms with Crippen molar-refractivity contribution in [1.82, 2.24) is 9.55 Å². The third-order valence-electron chi connectivity index (χ3n) is 3.94. The molecule has 0 saturated carbocycles. The van der Waals surface area contributed by atoms with Crippen LogP contribution >= 0.6 is 11.8 Å². The molecule has 1 aromatic heterocycles. The Morgan fingerprint density at radius 2 is 2.23 bits per heavy atom. The van der Waals surface area contributed by atoms with Gasteiger partial charge >= 0.3 is 0 Å². The van der Waals surface area contributed by atoms with Crippen LogP contribution in [0.25, 0.3) is 11.0 Å². The fourth-order valence-electron chi connectivity index (χ4n) is 2.91. The highest BCUT2D eigenvalue weighted by atomic mass is 32.2. The molecule has 3 rings (SSSR count). The Bertz CT molecular complexity index is 781. The van der Waals surface area contributed by atoms with Gasteiger partial charge in [0.1, 0.15) is 0 Å². The number of thioether (sulfide) groups is 1. The van der Waals surface area contributed by atoms with Gasteiger partial charge in [-0.1, -0.05) is 30.0 Å². The van der Waals surface area contributed by atoms with E-state index in [0.717, 1.165) is 34.8 Å². The Kier molecular flexibility index (Phi) is 4.59. The average Bonchev–Trinajstić information content (AvgIpc) is 2.83. The second-order valence-corrected chi connectivity index (χ2v) is 8.93. The van der Waals surface area contributed by atoms with E-state index < -0.39 is 9.84 Å². The predicted octanol–water partition coefficient (Wildman–Crippen LogP) is 3.14. The molecule has 0 amide bonds. The first-order chi connectivity index (χ1) is 10.6. The van der Waals surface area contributed by atoms with E-state index in [2.05, 4.69) is 22.2 Å². The highest BCUT2D eigenvalue weighted by molar-refractivity contribution is 7.99. The maximum atomic E-state index is 11.7. The third-order valence-corrected chi connectivity index (χ3v) is 7.03. The Morgan fingerprint density at radius 3 is 3.00 bits per heavy atom. The molecule has 2 heterocycles. The lowest BCUT2D eigenvalue weighted by atomic mass is 10.1. The summed E-state index contributed by atoms with van der Waals surface area (Å²) in [7, 11) is -2.84. The SMILES string of the molecule is C=CCn1c(SC[C@H]2CCCS(=O)(=O)C2)nc2ccccc21. The van der Waals surface area contributed by atoms with E-state index >= 15 is 0 Å². The smallest absolute Gasteiger partial charge is 0.169 e. The Hall–Kier alpha value is -1.27. The van der Waals surface area contributed by atoms with Crippen molar-refractivity contribution in [3.05, 3.63) is 36.9 Å². The second kappa shape index (κ2) is 6.46. The molecule has 1 aliphatic rings. The van der Waals surface area contributed by atoms with E-state index in [1.165, 1.54) is 0 Å². The summed E-state index contributed by atoms with van der Waals surface area (Å²) in [5.41, 5.74) is 2.07. The molecule has 1 aliphatic heterocycles. The van der Waals surface area contributed by atoms with Crippen molar-refractivity contribution < 1.29 is 8.42 Å². The fourth-order valence-corrected chi connectivity index (χ4v) is 6.00. The number of aromatic nitrogens is 2. The van der Waals surface area contributed by atoms with Gasteiger partial charge in [0, 0.05) is 12.3 Å². The number of benzene rings is 1. The molecule has 6 heteroatoms. The summed E-state index contributed by atoms with van der Waals surface area (Å²) in [6.07, 6.45) is 3.65. The van der Waals surface area contributed by atoms with Crippen LogP contribution in [0.3, 0.4) is 0 Å². The van der Waals surface area contributed by atoms with Crippen LogP contribution in [-0.4, -0.2) is 35.2 Å². The molecular weight excluding hydrogens is 316 g/mol. The monoisotopic (exact) mass is 336 g/mol. The lowest BCUT2D eigenvalue weighted by Crippen LogP contribution is -2.26. The van der Waals surface area contributed by atoms with Gasteiger partial charge in [-0.3, -0.25) is 0 Å². The standard InChI is InChI=1S/C16H20N2O2S2/c1-2-9-18-15-8-4-3-7-14(15)17-16(18)21-11-13-6-5-10-22(19,20)12-13/h2-4,7-8,13H,1,5-6,9-12H2/t13-/m1/s1. The van der Waals surface area contributed by atoms with Crippen molar-refractivity contribution >= 4 is 32.6 Å². The van der Waals surface area contributed by atoms with Crippen LogP contribution in [0, 0.1) is 5.92 Å². The fraction of sp³-hybridized carbons (Fsp3) is 0.438. The van der Waals surface area contributed by atoms with Crippen molar-refractivity contribution in [2.75, 3.05) is 17.3 Å². The first-order valence-corrected chi connectivity index (χ1v) is 10.3. The van der Waals surface area contributed by atoms with E-state index in [9.17, 15) is 8.42 Å². The summed E-state index contributed by atoms with van der Waals surface area (Å²) >= 11 is 1.66. The van der Waals surface area contributed by atoms with Gasteiger partial charge in [0.15, 0.2) is 15.0 Å². The molecule has 4 nitrogen and oxygen atoms in total. The molecular formula is C16H20N2O2S2. The number of imidazole rings is 1. The van der Waals surface area contributed by atoms with Gasteiger partial charge in [-0.25, -0.2) is 13.4 Å². The zero-order chi connectivity index (χ0) is 15.6. The first-order valence-electron chi connectivity index (χ1n) is 7.48. The number of sulfone groups is 1. The van der Waals surface area contributed by atoms with Crippen LogP contribution in [0.1, 0.15) is 12.8 Å². The van der Waals surface area contributed by atoms with E-state index in [-0.39, 0.29) is 5.92 Å². The molecule has 0 unspecified atom stereocenters. The minimum absolute atomic E-state index is 0.237. The number of fused-ring (bicyclic) bond motifs is 1. The van der Waals surface area contributed by atoms with Crippen molar-refractivity contribution in [3.8, 4) is 0 Å². The number of para-hydroxylation sites is 2. The number of hydrogen-bond acceptors (Lipinski definition) is 4. The lowest BCUT2D eigenvalue weighted by molar-refractivity contribution is 0.520. The summed E-state index contributed by atoms with van der Waals surface area (Å²) in [6.45, 7) is 4.53. The maximum Gasteiger partial charge on any atom is 0.169 e. The summed E-state index contributed by atoms with van der Waals surface area (Å²) in [5, 5.41) is 0.948. The van der Waals surface area contributed by atoms with Crippen molar-refractivity contribution in [3.63, 3.8) is 0 Å². The van der Waals surface area contributed by atoms with Crippen LogP contribution in [0.15, 0.2) is 42.1 Å². The summed E-state index contributed by atoms with van der Waals surface area (Å²) in [4.78, 5) is 4.68. The van der Waals surface area contributed by atoms with Crippen LogP contribution in [0.2, 0.25) is 0 Å². The van der Waals surface area contributed by atoms with Gasteiger partial charge in [0.2, 0.25) is 0 Å². The van der Waals surface area contributed by atoms with Gasteiger partial charge in [-0.15, -0.1) is 6.58 Å². The van der Waals surface area contributed by atoms with Crippen LogP contribution in [-0.2, 0) is 16.4 Å². The van der Waals surface area contributed by atoms with Crippen molar-refractivity contribution in [2.45, 2.75) is 24.5 Å². The molecule has 22 heavy (non-hydrogen) atoms. The maximum absolute atomic E-state index is 11.7. The normalized spacial score (nSPS) is 21.0. The first kappa shape index (κ1) is 15.6. The number of allylic oxidation sites excluding steroid dienone is 1. The summed E-state index contributed by atoms with van der Waals surface area (Å²) in [5.74, 6) is 1.71. The quantitative estimate of drug-likeness (QED) is 0.622. The number of nitrogens with zero attached hydrogens (tertiary/aromatic N) is 2. The topological polar surface area (TPSA) is 52.0 Å². The molecule has 1 saturated heterocycles. The zero-order valence-electron chi connectivity index (χ0n) is 12.4. The molecule has 2 aromatic rings. The minimum atomic E-state index is -2.84. The molecule has 1 atom stereocenters. The highest BCUT2D eigenvalue weighted by Gasteiger charge is 2.25. The molecule has 1 aromatic carbocycles. The largest absolute Gasteiger partial charge is 0.315 e. The van der Waals surface area contributed by atoms with E-state index in [1.807, 2.05) is 24.3 Å². The van der Waals surface area contributed by atoms with Gasteiger partial charge in [-0.05, 0) is 30.9 Å².